The Morgan fingerprint density at radius 1 is 0.786 bits per heavy atom. The molecule has 0 radical (unpaired) electrons. The maximum atomic E-state index is 11.7. The number of aliphatic carboxylic acids is 2. The Labute approximate surface area is 182 Å². The molecule has 0 heterocycles. The molecular formula is C14H28As2N4O6S2. The molecule has 10 nitrogen and oxygen atoms in total. The molecule has 0 saturated heterocycles. The van der Waals surface area contributed by atoms with Gasteiger partial charge in [0.2, 0.25) is 0 Å². The molecule has 0 saturated carbocycles. The third kappa shape index (κ3) is 10.4. The molecule has 0 rings (SSSR count). The van der Waals surface area contributed by atoms with Crippen molar-refractivity contribution in [2.75, 3.05) is 0 Å². The van der Waals surface area contributed by atoms with E-state index >= 15 is 0 Å². The van der Waals surface area contributed by atoms with Crippen LogP contribution in [0.3, 0.4) is 0 Å². The Hall–Kier alpha value is -0.383. The van der Waals surface area contributed by atoms with Gasteiger partial charge in [0.15, 0.2) is 0 Å². The zero-order valence-electron chi connectivity index (χ0n) is 16.3. The summed E-state index contributed by atoms with van der Waals surface area (Å²) in [6.45, 7) is 0. The van der Waals surface area contributed by atoms with E-state index in [0.717, 1.165) is 0 Å². The minimum absolute atomic E-state index is 0.0413. The maximum absolute atomic E-state index is 11.7. The van der Waals surface area contributed by atoms with Crippen LogP contribution in [-0.4, -0.2) is 82.2 Å². The molecule has 0 fully saturated rings. The van der Waals surface area contributed by atoms with Gasteiger partial charge in [-0.15, -0.1) is 0 Å². The van der Waals surface area contributed by atoms with Crippen LogP contribution in [0.15, 0.2) is 0 Å². The molecule has 28 heavy (non-hydrogen) atoms. The second kappa shape index (κ2) is 13.8. The number of carboxylic acid groups (broad SMARTS) is 2. The summed E-state index contributed by atoms with van der Waals surface area (Å²) < 4.78 is 3.53. The monoisotopic (exact) mass is 562 g/mol. The summed E-state index contributed by atoms with van der Waals surface area (Å²) in [6.07, 6.45) is 0.102. The first-order chi connectivity index (χ1) is 12.9. The van der Waals surface area contributed by atoms with Crippen LogP contribution in [0.1, 0.15) is 25.7 Å². The van der Waals surface area contributed by atoms with E-state index in [9.17, 15) is 29.4 Å². The van der Waals surface area contributed by atoms with Crippen LogP contribution in [-0.2, 0) is 19.2 Å². The van der Waals surface area contributed by atoms with E-state index in [0.29, 0.717) is 0 Å². The van der Waals surface area contributed by atoms with Crippen molar-refractivity contribution in [2.24, 2.45) is 11.5 Å². The van der Waals surface area contributed by atoms with E-state index in [1.54, 1.807) is 6.44 Å². The summed E-state index contributed by atoms with van der Waals surface area (Å²) in [5.41, 5.74) is 18.1. The van der Waals surface area contributed by atoms with E-state index in [4.69, 9.17) is 11.5 Å². The van der Waals surface area contributed by atoms with Crippen molar-refractivity contribution in [3.8, 4) is 0 Å². The third-order valence-electron chi connectivity index (χ3n) is 3.41. The van der Waals surface area contributed by atoms with Crippen molar-refractivity contribution in [1.82, 2.24) is 6.44 Å². The van der Waals surface area contributed by atoms with Crippen LogP contribution in [0.5, 0.6) is 0 Å². The molecule has 2 atom stereocenters. The average Bonchev–Trinajstić information content (AvgIpc) is 2.53. The van der Waals surface area contributed by atoms with Crippen molar-refractivity contribution >= 4 is 75.5 Å². The van der Waals surface area contributed by atoms with Gasteiger partial charge >= 0.3 is 183 Å². The summed E-state index contributed by atoms with van der Waals surface area (Å²) in [7, 11) is 2.40. The number of carbonyl (C=O) groups excluding carboxylic acids is 2. The quantitative estimate of drug-likeness (QED) is 0.127. The van der Waals surface area contributed by atoms with Crippen molar-refractivity contribution in [1.29, 1.82) is 0 Å². The van der Waals surface area contributed by atoms with Crippen LogP contribution in [0.2, 0.25) is 22.8 Å². The summed E-state index contributed by atoms with van der Waals surface area (Å²) in [5, 5.41) is 19.2. The molecule has 0 aromatic heterocycles. The number of hydrogen-bond donors (Lipinski definition) is 4. The molecule has 0 bridgehead atoms. The molecule has 0 aliphatic rings. The molecule has 14 heteroatoms. The molecule has 2 amide bonds. The van der Waals surface area contributed by atoms with E-state index in [1.807, 2.05) is 22.8 Å². The molecule has 0 aliphatic heterocycles. The summed E-state index contributed by atoms with van der Waals surface area (Å²) in [6, 6.07) is -1.77. The van der Waals surface area contributed by atoms with E-state index in [2.05, 4.69) is 0 Å². The standard InChI is InChI=1S/C14H28As2N4O6S2/c1-15(2)19(9(13(23)24)5-7-11(17)21)27-28-20(16(3)4)10(14(25)26)6-8-12(18)22/h9-10H,5-8H2,1-4H3,(H2,17,21)(H2,18,22)(H,23,24)(H,25,26)/t9-,10-/m0/s1. The number of primary amides is 2. The van der Waals surface area contributed by atoms with Crippen LogP contribution < -0.4 is 11.5 Å². The first-order valence-corrected chi connectivity index (χ1v) is 19.4. The molecule has 6 N–H and O–H groups in total. The van der Waals surface area contributed by atoms with Gasteiger partial charge in [-0.25, -0.2) is 0 Å². The minimum atomic E-state index is -1.70. The second-order valence-corrected chi connectivity index (χ2v) is 18.2. The molecule has 0 aromatic carbocycles. The first kappa shape index (κ1) is 27.6. The van der Waals surface area contributed by atoms with Crippen molar-refractivity contribution < 1.29 is 29.4 Å². The van der Waals surface area contributed by atoms with Gasteiger partial charge in [0.05, 0.1) is 0 Å². The fourth-order valence-corrected chi connectivity index (χ4v) is 14.3. The number of carbonyl (C=O) groups is 4. The summed E-state index contributed by atoms with van der Waals surface area (Å²) in [4.78, 5) is 45.6. The number of rotatable bonds is 15. The number of nitrogens with zero attached hydrogens (tertiary/aromatic N) is 2. The van der Waals surface area contributed by atoms with Gasteiger partial charge in [-0.1, -0.05) is 0 Å². The number of hydrogen-bond acceptors (Lipinski definition) is 8. The predicted octanol–water partition coefficient (Wildman–Crippen LogP) is 0.741. The second-order valence-electron chi connectivity index (χ2n) is 6.17. The average molecular weight is 562 g/mol. The predicted molar refractivity (Wildman–Crippen MR) is 114 cm³/mol. The number of nitrogens with two attached hydrogens (primary N) is 2. The van der Waals surface area contributed by atoms with Crippen molar-refractivity contribution in [3.05, 3.63) is 0 Å². The molecular weight excluding hydrogens is 534 g/mol. The van der Waals surface area contributed by atoms with Gasteiger partial charge in [-0.2, -0.15) is 0 Å². The van der Waals surface area contributed by atoms with Crippen molar-refractivity contribution in [2.45, 2.75) is 60.6 Å². The summed E-state index contributed by atoms with van der Waals surface area (Å²) in [5.74, 6) is -3.22. The van der Waals surface area contributed by atoms with Crippen molar-refractivity contribution in [3.63, 3.8) is 0 Å². The summed E-state index contributed by atoms with van der Waals surface area (Å²) >= 11 is -3.41. The molecule has 162 valence electrons. The fourth-order valence-electron chi connectivity index (χ4n) is 2.08. The number of amides is 2. The number of carboxylic acids is 2. The molecule has 0 unspecified atom stereocenters. The Morgan fingerprint density at radius 2 is 1.07 bits per heavy atom. The van der Waals surface area contributed by atoms with Gasteiger partial charge in [0, 0.05) is 0 Å². The fraction of sp³-hybridized carbons (Fsp3) is 0.714. The SMILES string of the molecule is C[As](C)N(SSN([C@@H](CCC(N)=O)C(=O)O)[As](C)C)[C@@H](CCC(N)=O)C(=O)O. The molecule has 0 spiro atoms. The van der Waals surface area contributed by atoms with Crippen LogP contribution >= 0.6 is 22.0 Å². The van der Waals surface area contributed by atoms with Crippen LogP contribution in [0, 0.1) is 0 Å². The van der Waals surface area contributed by atoms with Gasteiger partial charge in [-0.05, 0) is 0 Å². The molecule has 0 aromatic rings. The Bertz CT molecular complexity index is 522. The van der Waals surface area contributed by atoms with Crippen LogP contribution in [0.25, 0.3) is 0 Å². The third-order valence-corrected chi connectivity index (χ3v) is 15.8. The Kier molecular flexibility index (Phi) is 13.6. The van der Waals surface area contributed by atoms with Gasteiger partial charge in [0.1, 0.15) is 0 Å². The van der Waals surface area contributed by atoms with Gasteiger partial charge in [-0.3, -0.25) is 0 Å². The zero-order valence-corrected chi connectivity index (χ0v) is 21.7. The van der Waals surface area contributed by atoms with Gasteiger partial charge in [0.25, 0.3) is 0 Å². The Morgan fingerprint density at radius 3 is 1.25 bits per heavy atom. The molecule has 0 aliphatic carbocycles. The van der Waals surface area contributed by atoms with Crippen LogP contribution in [0.4, 0.5) is 0 Å². The van der Waals surface area contributed by atoms with E-state index < -0.39 is 65.6 Å². The zero-order chi connectivity index (χ0) is 22.0. The van der Waals surface area contributed by atoms with E-state index in [-0.39, 0.29) is 25.7 Å². The first-order valence-electron chi connectivity index (χ1n) is 8.18. The van der Waals surface area contributed by atoms with Gasteiger partial charge < -0.3 is 0 Å². The Balaban J connectivity index is 5.37. The normalized spacial score (nSPS) is 13.9. The van der Waals surface area contributed by atoms with E-state index in [1.165, 1.54) is 22.0 Å². The topological polar surface area (TPSA) is 167 Å².